The average molecular weight is 265 g/mol. The molecule has 0 spiro atoms. The molecule has 2 heteroatoms. The van der Waals surface area contributed by atoms with Crippen molar-refractivity contribution in [3.8, 4) is 0 Å². The van der Waals surface area contributed by atoms with Gasteiger partial charge in [0.1, 0.15) is 0 Å². The zero-order valence-electron chi connectivity index (χ0n) is 12.5. The Kier molecular flexibility index (Phi) is 3.89. The lowest BCUT2D eigenvalue weighted by molar-refractivity contribution is 0.0846. The fourth-order valence-corrected chi connectivity index (χ4v) is 4.66. The molecule has 0 atom stereocenters. The van der Waals surface area contributed by atoms with Crippen LogP contribution in [0.2, 0.25) is 0 Å². The minimum atomic E-state index is 0.477. The molecule has 1 aliphatic carbocycles. The van der Waals surface area contributed by atoms with Crippen molar-refractivity contribution in [1.82, 2.24) is 5.32 Å². The van der Waals surface area contributed by atoms with Crippen LogP contribution in [0, 0.1) is 17.8 Å². The van der Waals surface area contributed by atoms with Gasteiger partial charge in [-0.15, -0.1) is 11.3 Å². The summed E-state index contributed by atoms with van der Waals surface area (Å²) in [6, 6.07) is 5.15. The van der Waals surface area contributed by atoms with Crippen molar-refractivity contribution in [3.05, 3.63) is 21.9 Å². The lowest BCUT2D eigenvalue weighted by atomic mass is 9.63. The monoisotopic (exact) mass is 265 g/mol. The van der Waals surface area contributed by atoms with Crippen LogP contribution in [-0.4, -0.2) is 6.04 Å². The van der Waals surface area contributed by atoms with Gasteiger partial charge in [-0.1, -0.05) is 27.7 Å². The average Bonchev–Trinajstić information content (AvgIpc) is 2.56. The largest absolute Gasteiger partial charge is 0.309 e. The molecule has 1 aliphatic rings. The first kappa shape index (κ1) is 14.1. The second-order valence-corrected chi connectivity index (χ2v) is 8.88. The molecule has 1 aromatic rings. The van der Waals surface area contributed by atoms with Crippen LogP contribution in [0.1, 0.15) is 56.7 Å². The molecule has 1 nitrogen and oxygen atoms in total. The molecule has 1 aromatic heterocycles. The molecule has 0 aromatic carbocycles. The highest BCUT2D eigenvalue weighted by atomic mass is 32.1. The Morgan fingerprint density at radius 3 is 2.28 bits per heavy atom. The third-order valence-corrected chi connectivity index (χ3v) is 4.92. The van der Waals surface area contributed by atoms with E-state index >= 15 is 0 Å². The van der Waals surface area contributed by atoms with Crippen molar-refractivity contribution >= 4 is 11.3 Å². The molecule has 0 saturated heterocycles. The van der Waals surface area contributed by atoms with Gasteiger partial charge in [0.05, 0.1) is 0 Å². The lowest BCUT2D eigenvalue weighted by Gasteiger charge is -2.45. The molecule has 2 rings (SSSR count). The van der Waals surface area contributed by atoms with Crippen molar-refractivity contribution in [1.29, 1.82) is 0 Å². The molecule has 0 aliphatic heterocycles. The highest BCUT2D eigenvalue weighted by molar-refractivity contribution is 7.11. The minimum Gasteiger partial charge on any atom is -0.309 e. The van der Waals surface area contributed by atoms with Crippen LogP contribution >= 0.6 is 11.3 Å². The van der Waals surface area contributed by atoms with Crippen LogP contribution in [0.15, 0.2) is 12.1 Å². The van der Waals surface area contributed by atoms with Crippen molar-refractivity contribution in [2.45, 2.75) is 66.5 Å². The maximum atomic E-state index is 3.77. The van der Waals surface area contributed by atoms with E-state index in [4.69, 9.17) is 0 Å². The Hall–Kier alpha value is -0.340. The molecule has 0 unspecified atom stereocenters. The second kappa shape index (κ2) is 4.97. The molecule has 0 bridgehead atoms. The van der Waals surface area contributed by atoms with Crippen molar-refractivity contribution in [3.63, 3.8) is 0 Å². The SMILES string of the molecule is Cc1ccc(CNC2CC(C)(C)CC(C)(C)C2)s1. The summed E-state index contributed by atoms with van der Waals surface area (Å²) in [7, 11) is 0. The smallest absolute Gasteiger partial charge is 0.0302 e. The first-order valence-corrected chi connectivity index (χ1v) is 7.86. The Balaban J connectivity index is 1.93. The molecule has 1 fully saturated rings. The van der Waals surface area contributed by atoms with E-state index in [-0.39, 0.29) is 0 Å². The summed E-state index contributed by atoms with van der Waals surface area (Å²) >= 11 is 1.91. The Morgan fingerprint density at radius 2 is 1.78 bits per heavy atom. The topological polar surface area (TPSA) is 12.0 Å². The van der Waals surface area contributed by atoms with Gasteiger partial charge in [-0.05, 0) is 49.1 Å². The first-order chi connectivity index (χ1) is 8.26. The van der Waals surface area contributed by atoms with E-state index < -0.39 is 0 Å². The van der Waals surface area contributed by atoms with Crippen molar-refractivity contribution < 1.29 is 0 Å². The quantitative estimate of drug-likeness (QED) is 0.831. The van der Waals surface area contributed by atoms with Crippen LogP contribution in [-0.2, 0) is 6.54 Å². The number of thiophene rings is 1. The summed E-state index contributed by atoms with van der Waals surface area (Å²) in [5.41, 5.74) is 0.954. The highest BCUT2D eigenvalue weighted by Crippen LogP contribution is 2.45. The van der Waals surface area contributed by atoms with Crippen LogP contribution in [0.25, 0.3) is 0 Å². The van der Waals surface area contributed by atoms with Gasteiger partial charge in [0.2, 0.25) is 0 Å². The predicted molar refractivity (Wildman–Crippen MR) is 81.1 cm³/mol. The molecule has 0 radical (unpaired) electrons. The minimum absolute atomic E-state index is 0.477. The molecule has 0 amide bonds. The third-order valence-electron chi connectivity index (χ3n) is 3.92. The predicted octanol–water partition coefficient (Wildman–Crippen LogP) is 4.75. The van der Waals surface area contributed by atoms with E-state index in [9.17, 15) is 0 Å². The number of hydrogen-bond acceptors (Lipinski definition) is 2. The molecule has 102 valence electrons. The van der Waals surface area contributed by atoms with Crippen LogP contribution in [0.3, 0.4) is 0 Å². The molecule has 18 heavy (non-hydrogen) atoms. The van der Waals surface area contributed by atoms with Crippen molar-refractivity contribution in [2.75, 3.05) is 0 Å². The van der Waals surface area contributed by atoms with Gasteiger partial charge in [-0.3, -0.25) is 0 Å². The van der Waals surface area contributed by atoms with Gasteiger partial charge in [0.25, 0.3) is 0 Å². The van der Waals surface area contributed by atoms with Crippen LogP contribution in [0.4, 0.5) is 0 Å². The normalized spacial score (nSPS) is 23.2. The Labute approximate surface area is 116 Å². The molecule has 1 heterocycles. The second-order valence-electron chi connectivity index (χ2n) is 7.50. The fourth-order valence-electron chi connectivity index (χ4n) is 3.82. The molecule has 1 N–H and O–H groups in total. The van der Waals surface area contributed by atoms with Gasteiger partial charge in [0.15, 0.2) is 0 Å². The van der Waals surface area contributed by atoms with E-state index in [1.807, 2.05) is 11.3 Å². The summed E-state index contributed by atoms with van der Waals surface area (Å²) in [5.74, 6) is 0. The summed E-state index contributed by atoms with van der Waals surface area (Å²) in [5, 5.41) is 3.77. The van der Waals surface area contributed by atoms with Gasteiger partial charge >= 0.3 is 0 Å². The molecule has 1 saturated carbocycles. The zero-order valence-corrected chi connectivity index (χ0v) is 13.3. The maximum Gasteiger partial charge on any atom is 0.0302 e. The van der Waals surface area contributed by atoms with E-state index in [1.54, 1.807) is 0 Å². The van der Waals surface area contributed by atoms with Gasteiger partial charge in [-0.2, -0.15) is 0 Å². The lowest BCUT2D eigenvalue weighted by Crippen LogP contribution is -2.43. The van der Waals surface area contributed by atoms with Crippen LogP contribution in [0.5, 0.6) is 0 Å². The zero-order chi connectivity index (χ0) is 13.4. The summed E-state index contributed by atoms with van der Waals surface area (Å²) in [6.45, 7) is 12.9. The van der Waals surface area contributed by atoms with E-state index in [2.05, 4.69) is 52.1 Å². The summed E-state index contributed by atoms with van der Waals surface area (Å²) in [4.78, 5) is 2.88. The third kappa shape index (κ3) is 3.83. The fraction of sp³-hybridized carbons (Fsp3) is 0.750. The van der Waals surface area contributed by atoms with E-state index in [0.717, 1.165) is 6.54 Å². The molecular weight excluding hydrogens is 238 g/mol. The highest BCUT2D eigenvalue weighted by Gasteiger charge is 2.38. The van der Waals surface area contributed by atoms with Gasteiger partial charge in [0, 0.05) is 22.3 Å². The maximum absolute atomic E-state index is 3.77. The standard InChI is InChI=1S/C16H27NS/c1-12-6-7-14(18-12)10-17-13-8-15(2,3)11-16(4,5)9-13/h6-7,13,17H,8-11H2,1-5H3. The Bertz CT molecular complexity index is 387. The van der Waals surface area contributed by atoms with E-state index in [1.165, 1.54) is 29.0 Å². The summed E-state index contributed by atoms with van der Waals surface area (Å²) < 4.78 is 0. The first-order valence-electron chi connectivity index (χ1n) is 7.05. The number of hydrogen-bond donors (Lipinski definition) is 1. The van der Waals surface area contributed by atoms with Crippen LogP contribution < -0.4 is 5.32 Å². The number of nitrogens with one attached hydrogen (secondary N) is 1. The van der Waals surface area contributed by atoms with Crippen molar-refractivity contribution in [2.24, 2.45) is 10.8 Å². The number of aryl methyl sites for hydroxylation is 1. The van der Waals surface area contributed by atoms with E-state index in [0.29, 0.717) is 16.9 Å². The van der Waals surface area contributed by atoms with Gasteiger partial charge < -0.3 is 5.32 Å². The summed E-state index contributed by atoms with van der Waals surface area (Å²) in [6.07, 6.45) is 3.96. The molecular formula is C16H27NS. The Morgan fingerprint density at radius 1 is 1.17 bits per heavy atom. The number of rotatable bonds is 3. The van der Waals surface area contributed by atoms with Gasteiger partial charge in [-0.25, -0.2) is 0 Å².